The van der Waals surface area contributed by atoms with Crippen LogP contribution < -0.4 is 5.73 Å². The first-order valence-electron chi connectivity index (χ1n) is 5.45. The van der Waals surface area contributed by atoms with Gasteiger partial charge in [0.15, 0.2) is 0 Å². The maximum atomic E-state index is 12.2. The standard InChI is InChI=1S/C10H19F3N2/c1-8(14)3-2-6-15(9-4-5-9)7-10(11,12)13/h8-9H,2-7,14H2,1H3. The maximum Gasteiger partial charge on any atom is 0.401 e. The summed E-state index contributed by atoms with van der Waals surface area (Å²) >= 11 is 0. The first kappa shape index (κ1) is 12.8. The number of halogens is 3. The molecule has 0 amide bonds. The van der Waals surface area contributed by atoms with E-state index in [1.165, 1.54) is 0 Å². The molecular weight excluding hydrogens is 205 g/mol. The third-order valence-electron chi connectivity index (χ3n) is 2.55. The molecule has 0 aromatic rings. The summed E-state index contributed by atoms with van der Waals surface area (Å²) in [7, 11) is 0. The molecule has 0 radical (unpaired) electrons. The Kier molecular flexibility index (Phi) is 4.40. The largest absolute Gasteiger partial charge is 0.401 e. The van der Waals surface area contributed by atoms with E-state index in [9.17, 15) is 13.2 Å². The van der Waals surface area contributed by atoms with Crippen molar-refractivity contribution in [3.8, 4) is 0 Å². The predicted octanol–water partition coefficient (Wildman–Crippen LogP) is 2.14. The van der Waals surface area contributed by atoms with Crippen molar-refractivity contribution in [3.05, 3.63) is 0 Å². The van der Waals surface area contributed by atoms with Crippen LogP contribution in [0, 0.1) is 0 Å². The summed E-state index contributed by atoms with van der Waals surface area (Å²) < 4.78 is 36.6. The average Bonchev–Trinajstić information content (AvgIpc) is 2.81. The molecule has 0 heterocycles. The smallest absolute Gasteiger partial charge is 0.328 e. The Bertz CT molecular complexity index is 188. The molecule has 1 aliphatic rings. The molecule has 90 valence electrons. The number of nitrogens with zero attached hydrogens (tertiary/aromatic N) is 1. The van der Waals surface area contributed by atoms with Crippen LogP contribution in [0.5, 0.6) is 0 Å². The Hall–Kier alpha value is -0.290. The molecule has 0 aromatic heterocycles. The fraction of sp³-hybridized carbons (Fsp3) is 1.00. The molecule has 0 spiro atoms. The molecule has 1 saturated carbocycles. The summed E-state index contributed by atoms with van der Waals surface area (Å²) in [5, 5.41) is 0. The van der Waals surface area contributed by atoms with Crippen molar-refractivity contribution in [2.24, 2.45) is 5.73 Å². The zero-order valence-electron chi connectivity index (χ0n) is 9.06. The third kappa shape index (κ3) is 5.99. The number of hydrogen-bond acceptors (Lipinski definition) is 2. The van der Waals surface area contributed by atoms with Crippen LogP contribution in [-0.4, -0.2) is 36.2 Å². The van der Waals surface area contributed by atoms with Gasteiger partial charge >= 0.3 is 6.18 Å². The molecule has 1 atom stereocenters. The Morgan fingerprint density at radius 3 is 2.40 bits per heavy atom. The predicted molar refractivity (Wildman–Crippen MR) is 53.5 cm³/mol. The summed E-state index contributed by atoms with van der Waals surface area (Å²) in [5.74, 6) is 0. The minimum atomic E-state index is -4.07. The van der Waals surface area contributed by atoms with Crippen LogP contribution in [0.3, 0.4) is 0 Å². The Balaban J connectivity index is 2.25. The van der Waals surface area contributed by atoms with E-state index in [0.29, 0.717) is 6.54 Å². The highest BCUT2D eigenvalue weighted by atomic mass is 19.4. The number of nitrogens with two attached hydrogens (primary N) is 1. The number of alkyl halides is 3. The Morgan fingerprint density at radius 2 is 2.00 bits per heavy atom. The van der Waals surface area contributed by atoms with E-state index in [2.05, 4.69) is 0 Å². The first-order valence-corrected chi connectivity index (χ1v) is 5.45. The maximum absolute atomic E-state index is 12.2. The average molecular weight is 224 g/mol. The van der Waals surface area contributed by atoms with E-state index in [0.717, 1.165) is 25.7 Å². The lowest BCUT2D eigenvalue weighted by atomic mass is 10.2. The molecule has 0 saturated heterocycles. The molecule has 0 bridgehead atoms. The van der Waals surface area contributed by atoms with Crippen molar-refractivity contribution in [3.63, 3.8) is 0 Å². The van der Waals surface area contributed by atoms with Gasteiger partial charge in [-0.15, -0.1) is 0 Å². The molecule has 1 aliphatic carbocycles. The second-order valence-corrected chi connectivity index (χ2v) is 4.44. The highest BCUT2D eigenvalue weighted by Crippen LogP contribution is 2.30. The fourth-order valence-corrected chi connectivity index (χ4v) is 1.68. The SMILES string of the molecule is CC(N)CCCN(CC(F)(F)F)C1CC1. The minimum Gasteiger partial charge on any atom is -0.328 e. The van der Waals surface area contributed by atoms with Gasteiger partial charge in [0.2, 0.25) is 0 Å². The van der Waals surface area contributed by atoms with E-state index < -0.39 is 12.7 Å². The molecule has 15 heavy (non-hydrogen) atoms. The molecule has 1 fully saturated rings. The Labute approximate surface area is 88.6 Å². The monoisotopic (exact) mass is 224 g/mol. The van der Waals surface area contributed by atoms with E-state index in [-0.39, 0.29) is 12.1 Å². The van der Waals surface area contributed by atoms with Gasteiger partial charge in [-0.1, -0.05) is 0 Å². The highest BCUT2D eigenvalue weighted by molar-refractivity contribution is 4.85. The van der Waals surface area contributed by atoms with Crippen LogP contribution in [0.15, 0.2) is 0 Å². The zero-order chi connectivity index (χ0) is 11.5. The lowest BCUT2D eigenvalue weighted by molar-refractivity contribution is -0.147. The van der Waals surface area contributed by atoms with E-state index in [1.807, 2.05) is 6.92 Å². The van der Waals surface area contributed by atoms with Crippen molar-refractivity contribution >= 4 is 0 Å². The van der Waals surface area contributed by atoms with Crippen molar-refractivity contribution in [2.75, 3.05) is 13.1 Å². The second-order valence-electron chi connectivity index (χ2n) is 4.44. The van der Waals surface area contributed by atoms with Crippen molar-refractivity contribution < 1.29 is 13.2 Å². The van der Waals surface area contributed by atoms with Crippen molar-refractivity contribution in [2.45, 2.75) is 50.9 Å². The molecule has 1 rings (SSSR count). The molecule has 0 aliphatic heterocycles. The second kappa shape index (κ2) is 5.16. The van der Waals surface area contributed by atoms with Gasteiger partial charge in [-0.05, 0) is 39.2 Å². The molecule has 2 nitrogen and oxygen atoms in total. The third-order valence-corrected chi connectivity index (χ3v) is 2.55. The summed E-state index contributed by atoms with van der Waals surface area (Å²) in [6.07, 6.45) is -0.704. The van der Waals surface area contributed by atoms with Gasteiger partial charge < -0.3 is 5.73 Å². The quantitative estimate of drug-likeness (QED) is 0.749. The first-order chi connectivity index (χ1) is 6.88. The summed E-state index contributed by atoms with van der Waals surface area (Å²) in [6, 6.07) is 0.247. The molecule has 2 N–H and O–H groups in total. The summed E-state index contributed by atoms with van der Waals surface area (Å²) in [6.45, 7) is 1.63. The van der Waals surface area contributed by atoms with Gasteiger partial charge in [-0.25, -0.2) is 0 Å². The van der Waals surface area contributed by atoms with Crippen LogP contribution in [0.1, 0.15) is 32.6 Å². The van der Waals surface area contributed by atoms with E-state index in [4.69, 9.17) is 5.73 Å². The van der Waals surface area contributed by atoms with Gasteiger partial charge in [0.25, 0.3) is 0 Å². The van der Waals surface area contributed by atoms with Crippen LogP contribution >= 0.6 is 0 Å². The highest BCUT2D eigenvalue weighted by Gasteiger charge is 2.37. The van der Waals surface area contributed by atoms with Gasteiger partial charge in [0.05, 0.1) is 6.54 Å². The number of rotatable bonds is 6. The zero-order valence-corrected chi connectivity index (χ0v) is 9.06. The van der Waals surface area contributed by atoms with Gasteiger partial charge in [0, 0.05) is 12.1 Å². The fourth-order valence-electron chi connectivity index (χ4n) is 1.68. The minimum absolute atomic E-state index is 0.0805. The normalized spacial score (nSPS) is 19.6. The molecule has 0 aromatic carbocycles. The van der Waals surface area contributed by atoms with E-state index in [1.54, 1.807) is 4.90 Å². The van der Waals surface area contributed by atoms with Crippen LogP contribution in [0.4, 0.5) is 13.2 Å². The lowest BCUT2D eigenvalue weighted by Gasteiger charge is -2.23. The number of hydrogen-bond donors (Lipinski definition) is 1. The van der Waals surface area contributed by atoms with Crippen LogP contribution in [0.25, 0.3) is 0 Å². The van der Waals surface area contributed by atoms with E-state index >= 15 is 0 Å². The molecule has 1 unspecified atom stereocenters. The van der Waals surface area contributed by atoms with Crippen LogP contribution in [-0.2, 0) is 0 Å². The topological polar surface area (TPSA) is 29.3 Å². The van der Waals surface area contributed by atoms with Crippen molar-refractivity contribution in [1.29, 1.82) is 0 Å². The van der Waals surface area contributed by atoms with Crippen molar-refractivity contribution in [1.82, 2.24) is 4.90 Å². The summed E-state index contributed by atoms with van der Waals surface area (Å²) in [5.41, 5.74) is 5.56. The lowest BCUT2D eigenvalue weighted by Crippen LogP contribution is -2.37. The summed E-state index contributed by atoms with van der Waals surface area (Å²) in [4.78, 5) is 1.54. The van der Waals surface area contributed by atoms with Crippen LogP contribution in [0.2, 0.25) is 0 Å². The van der Waals surface area contributed by atoms with Gasteiger partial charge in [-0.3, -0.25) is 4.90 Å². The Morgan fingerprint density at radius 1 is 1.40 bits per heavy atom. The molecule has 5 heteroatoms. The molecular formula is C10H19F3N2. The van der Waals surface area contributed by atoms with Gasteiger partial charge in [-0.2, -0.15) is 13.2 Å². The van der Waals surface area contributed by atoms with Gasteiger partial charge in [0.1, 0.15) is 0 Å².